The molecule has 0 aliphatic carbocycles. The number of Topliss-reactive ketones (excluding diaryl/α,β-unsaturated/α-hetero) is 1. The Kier molecular flexibility index (Phi) is 4.11. The largest absolute Gasteiger partial charge is 0.463 e. The van der Waals surface area contributed by atoms with Crippen LogP contribution in [0.4, 0.5) is 14.5 Å². The summed E-state index contributed by atoms with van der Waals surface area (Å²) < 4.78 is 31.5. The summed E-state index contributed by atoms with van der Waals surface area (Å²) in [6, 6.07) is 1.40. The van der Waals surface area contributed by atoms with Gasteiger partial charge in [0, 0.05) is 18.7 Å². The summed E-state index contributed by atoms with van der Waals surface area (Å²) in [6.45, 7) is 1.63. The molecular formula is C14H11F2NO4. The molecule has 0 saturated carbocycles. The summed E-state index contributed by atoms with van der Waals surface area (Å²) in [5, 5.41) is 0. The standard InChI is InChI=1S/C14H11F2NO4/c1-2-21-11(18)4-3-5-17-12-9(13(19)14(17)20)6-8(15)7-10(12)16/h3-4,6-7H,2,5H2,1H3/b4-3+. The first-order chi connectivity index (χ1) is 9.95. The molecule has 21 heavy (non-hydrogen) atoms. The molecule has 0 atom stereocenters. The smallest absolute Gasteiger partial charge is 0.330 e. The van der Waals surface area contributed by atoms with E-state index in [-0.39, 0.29) is 24.4 Å². The van der Waals surface area contributed by atoms with Crippen molar-refractivity contribution >= 4 is 23.3 Å². The number of anilines is 1. The third kappa shape index (κ3) is 2.81. The van der Waals surface area contributed by atoms with Crippen molar-refractivity contribution in [2.45, 2.75) is 6.92 Å². The van der Waals surface area contributed by atoms with Crippen LogP contribution in [0.25, 0.3) is 0 Å². The number of halogens is 2. The van der Waals surface area contributed by atoms with E-state index in [1.165, 1.54) is 6.08 Å². The van der Waals surface area contributed by atoms with Gasteiger partial charge in [-0.3, -0.25) is 14.5 Å². The lowest BCUT2D eigenvalue weighted by molar-refractivity contribution is -0.137. The van der Waals surface area contributed by atoms with E-state index < -0.39 is 29.3 Å². The van der Waals surface area contributed by atoms with Crippen LogP contribution in [0.1, 0.15) is 17.3 Å². The second-order valence-electron chi connectivity index (χ2n) is 4.18. The molecule has 1 aromatic carbocycles. The molecule has 1 aromatic rings. The highest BCUT2D eigenvalue weighted by atomic mass is 19.1. The number of nitrogens with zero attached hydrogens (tertiary/aromatic N) is 1. The third-order valence-electron chi connectivity index (χ3n) is 2.81. The molecule has 5 nitrogen and oxygen atoms in total. The van der Waals surface area contributed by atoms with Gasteiger partial charge in [0.15, 0.2) is 5.82 Å². The zero-order valence-corrected chi connectivity index (χ0v) is 11.1. The quantitative estimate of drug-likeness (QED) is 0.481. The van der Waals surface area contributed by atoms with Gasteiger partial charge in [0.05, 0.1) is 17.9 Å². The van der Waals surface area contributed by atoms with Crippen LogP contribution in [0.5, 0.6) is 0 Å². The molecular weight excluding hydrogens is 284 g/mol. The summed E-state index contributed by atoms with van der Waals surface area (Å²) in [7, 11) is 0. The van der Waals surface area contributed by atoms with Crippen molar-refractivity contribution < 1.29 is 27.9 Å². The van der Waals surface area contributed by atoms with Crippen LogP contribution in [0.3, 0.4) is 0 Å². The molecule has 110 valence electrons. The van der Waals surface area contributed by atoms with E-state index in [1.54, 1.807) is 6.92 Å². The molecule has 1 heterocycles. The Balaban J connectivity index is 2.25. The van der Waals surface area contributed by atoms with Crippen molar-refractivity contribution in [3.05, 3.63) is 41.5 Å². The van der Waals surface area contributed by atoms with Crippen molar-refractivity contribution in [3.63, 3.8) is 0 Å². The van der Waals surface area contributed by atoms with Crippen LogP contribution in [0.15, 0.2) is 24.3 Å². The van der Waals surface area contributed by atoms with Crippen LogP contribution in [-0.2, 0) is 14.3 Å². The number of ketones is 1. The van der Waals surface area contributed by atoms with E-state index in [2.05, 4.69) is 4.74 Å². The predicted octanol–water partition coefficient (Wildman–Crippen LogP) is 1.61. The molecule has 0 spiro atoms. The van der Waals surface area contributed by atoms with Gasteiger partial charge in [-0.15, -0.1) is 0 Å². The minimum Gasteiger partial charge on any atom is -0.463 e. The number of hydrogen-bond acceptors (Lipinski definition) is 4. The average molecular weight is 295 g/mol. The fourth-order valence-corrected chi connectivity index (χ4v) is 1.97. The summed E-state index contributed by atoms with van der Waals surface area (Å²) in [4.78, 5) is 35.4. The van der Waals surface area contributed by atoms with Gasteiger partial charge in [0.1, 0.15) is 5.82 Å². The van der Waals surface area contributed by atoms with Gasteiger partial charge in [-0.05, 0) is 13.0 Å². The van der Waals surface area contributed by atoms with E-state index in [0.717, 1.165) is 17.0 Å². The van der Waals surface area contributed by atoms with Crippen LogP contribution >= 0.6 is 0 Å². The van der Waals surface area contributed by atoms with E-state index in [0.29, 0.717) is 6.07 Å². The molecule has 1 aliphatic rings. The number of esters is 1. The first kappa shape index (κ1) is 14.8. The molecule has 1 aliphatic heterocycles. The van der Waals surface area contributed by atoms with Crippen molar-refractivity contribution in [2.24, 2.45) is 0 Å². The lowest BCUT2D eigenvalue weighted by Gasteiger charge is -2.14. The van der Waals surface area contributed by atoms with Crippen molar-refractivity contribution in [2.75, 3.05) is 18.1 Å². The SMILES string of the molecule is CCOC(=O)/C=C/CN1C(=O)C(=O)c2cc(F)cc(F)c21. The van der Waals surface area contributed by atoms with Crippen LogP contribution < -0.4 is 4.90 Å². The highest BCUT2D eigenvalue weighted by Gasteiger charge is 2.38. The molecule has 7 heteroatoms. The number of rotatable bonds is 4. The summed E-state index contributed by atoms with van der Waals surface area (Å²) in [5.74, 6) is -4.50. The maximum absolute atomic E-state index is 13.8. The Hall–Kier alpha value is -2.57. The van der Waals surface area contributed by atoms with Crippen LogP contribution in [0, 0.1) is 11.6 Å². The van der Waals surface area contributed by atoms with Gasteiger partial charge >= 0.3 is 5.97 Å². The van der Waals surface area contributed by atoms with Crippen LogP contribution in [-0.4, -0.2) is 30.8 Å². The molecule has 2 rings (SSSR count). The minimum atomic E-state index is -1.01. The van der Waals surface area contributed by atoms with Gasteiger partial charge in [-0.1, -0.05) is 6.08 Å². The maximum Gasteiger partial charge on any atom is 0.330 e. The highest BCUT2D eigenvalue weighted by molar-refractivity contribution is 6.52. The minimum absolute atomic E-state index is 0.195. The van der Waals surface area contributed by atoms with Crippen LogP contribution in [0.2, 0.25) is 0 Å². The van der Waals surface area contributed by atoms with E-state index in [9.17, 15) is 23.2 Å². The van der Waals surface area contributed by atoms with Gasteiger partial charge < -0.3 is 4.74 Å². The van der Waals surface area contributed by atoms with E-state index >= 15 is 0 Å². The summed E-state index contributed by atoms with van der Waals surface area (Å²) >= 11 is 0. The van der Waals surface area contributed by atoms with Crippen molar-refractivity contribution in [3.8, 4) is 0 Å². The summed E-state index contributed by atoms with van der Waals surface area (Å²) in [6.07, 6.45) is 2.34. The van der Waals surface area contributed by atoms with E-state index in [4.69, 9.17) is 0 Å². The number of benzene rings is 1. The third-order valence-corrected chi connectivity index (χ3v) is 2.81. The Labute approximate surface area is 118 Å². The number of ether oxygens (including phenoxy) is 1. The van der Waals surface area contributed by atoms with E-state index in [1.807, 2.05) is 0 Å². The number of hydrogen-bond donors (Lipinski definition) is 0. The van der Waals surface area contributed by atoms with Crippen molar-refractivity contribution in [1.82, 2.24) is 0 Å². The second-order valence-corrected chi connectivity index (χ2v) is 4.18. The molecule has 0 N–H and O–H groups in total. The average Bonchev–Trinajstić information content (AvgIpc) is 2.64. The molecule has 0 unspecified atom stereocenters. The first-order valence-electron chi connectivity index (χ1n) is 6.14. The normalized spacial score (nSPS) is 14.0. The Bertz CT molecular complexity index is 655. The molecule has 0 aromatic heterocycles. The lowest BCUT2D eigenvalue weighted by Crippen LogP contribution is -2.30. The van der Waals surface area contributed by atoms with Gasteiger partial charge in [0.25, 0.3) is 11.7 Å². The van der Waals surface area contributed by atoms with Gasteiger partial charge in [-0.2, -0.15) is 0 Å². The molecule has 0 radical (unpaired) electrons. The van der Waals surface area contributed by atoms with Crippen molar-refractivity contribution in [1.29, 1.82) is 0 Å². The highest BCUT2D eigenvalue weighted by Crippen LogP contribution is 2.32. The molecule has 0 saturated heterocycles. The molecule has 0 fully saturated rings. The first-order valence-corrected chi connectivity index (χ1v) is 6.14. The summed E-state index contributed by atoms with van der Waals surface area (Å²) in [5.41, 5.74) is -0.595. The molecule has 1 amide bonds. The fraction of sp³-hybridized carbons (Fsp3) is 0.214. The maximum atomic E-state index is 13.8. The Morgan fingerprint density at radius 2 is 2.05 bits per heavy atom. The lowest BCUT2D eigenvalue weighted by atomic mass is 10.1. The number of fused-ring (bicyclic) bond motifs is 1. The number of amides is 1. The number of carbonyl (C=O) groups is 3. The monoisotopic (exact) mass is 295 g/mol. The number of carbonyl (C=O) groups excluding carboxylic acids is 3. The zero-order valence-electron chi connectivity index (χ0n) is 11.1. The topological polar surface area (TPSA) is 63.7 Å². The predicted molar refractivity (Wildman–Crippen MR) is 68.8 cm³/mol. The van der Waals surface area contributed by atoms with Gasteiger partial charge in [0.2, 0.25) is 0 Å². The Morgan fingerprint density at radius 3 is 2.71 bits per heavy atom. The second kappa shape index (κ2) is 5.82. The zero-order chi connectivity index (χ0) is 15.6. The fourth-order valence-electron chi connectivity index (χ4n) is 1.97. The van der Waals surface area contributed by atoms with Gasteiger partial charge in [-0.25, -0.2) is 13.6 Å². The molecule has 0 bridgehead atoms. The Morgan fingerprint density at radius 1 is 1.33 bits per heavy atom.